The largest absolute Gasteiger partial charge is 0.257 e. The van der Waals surface area contributed by atoms with Gasteiger partial charge in [0.1, 0.15) is 0 Å². The molecule has 3 heteroatoms. The summed E-state index contributed by atoms with van der Waals surface area (Å²) in [6.07, 6.45) is 2.33. The molecule has 0 aromatic carbocycles. The topological polar surface area (TPSA) is 12.9 Å². The number of nitrogens with zero attached hydrogens (tertiary/aromatic N) is 1. The van der Waals surface area contributed by atoms with Crippen molar-refractivity contribution in [2.24, 2.45) is 0 Å². The van der Waals surface area contributed by atoms with Gasteiger partial charge in [0.05, 0.1) is 5.69 Å². The van der Waals surface area contributed by atoms with Crippen molar-refractivity contribution in [3.63, 3.8) is 0 Å². The van der Waals surface area contributed by atoms with Crippen molar-refractivity contribution < 1.29 is 0 Å². The predicted molar refractivity (Wildman–Crippen MR) is 65.1 cm³/mol. The van der Waals surface area contributed by atoms with E-state index in [4.69, 9.17) is 11.6 Å². The van der Waals surface area contributed by atoms with E-state index in [1.54, 1.807) is 0 Å². The van der Waals surface area contributed by atoms with Gasteiger partial charge in [-0.2, -0.15) is 11.8 Å². The Morgan fingerprint density at radius 1 is 1.36 bits per heavy atom. The van der Waals surface area contributed by atoms with Gasteiger partial charge in [-0.25, -0.2) is 0 Å². The second-order valence-corrected chi connectivity index (χ2v) is 4.70. The average Bonchev–Trinajstić information content (AvgIpc) is 2.18. The molecule has 0 N–H and O–H groups in total. The zero-order chi connectivity index (χ0) is 10.2. The Morgan fingerprint density at radius 2 is 2.21 bits per heavy atom. The van der Waals surface area contributed by atoms with Crippen molar-refractivity contribution in [1.82, 2.24) is 4.98 Å². The number of aromatic nitrogens is 1. The molecule has 0 spiro atoms. The summed E-state index contributed by atoms with van der Waals surface area (Å²) < 4.78 is 0. The van der Waals surface area contributed by atoms with Crippen molar-refractivity contribution in [3.05, 3.63) is 29.6 Å². The zero-order valence-electron chi connectivity index (χ0n) is 8.50. The molecule has 1 rings (SSSR count). The summed E-state index contributed by atoms with van der Waals surface area (Å²) >= 11 is 7.53. The van der Waals surface area contributed by atoms with Gasteiger partial charge in [-0.1, -0.05) is 6.07 Å². The lowest BCUT2D eigenvalue weighted by atomic mass is 10.3. The van der Waals surface area contributed by atoms with E-state index >= 15 is 0 Å². The number of alkyl halides is 1. The molecule has 0 bridgehead atoms. The highest BCUT2D eigenvalue weighted by molar-refractivity contribution is 7.98. The van der Waals surface area contributed by atoms with Gasteiger partial charge in [0.15, 0.2) is 0 Å². The molecular weight excluding hydrogens is 214 g/mol. The molecule has 0 aliphatic carbocycles. The quantitative estimate of drug-likeness (QED) is 0.546. The Hall–Kier alpha value is -0.210. The lowest BCUT2D eigenvalue weighted by molar-refractivity contribution is 0.902. The monoisotopic (exact) mass is 229 g/mol. The number of pyridine rings is 1. The molecule has 0 saturated carbocycles. The molecule has 0 atom stereocenters. The van der Waals surface area contributed by atoms with Gasteiger partial charge >= 0.3 is 0 Å². The second kappa shape index (κ2) is 7.13. The summed E-state index contributed by atoms with van der Waals surface area (Å²) in [7, 11) is 0. The SMILES string of the molecule is Cc1cccc(CSCCCCCl)n1. The van der Waals surface area contributed by atoms with Crippen molar-refractivity contribution in [2.45, 2.75) is 25.5 Å². The third kappa shape index (κ3) is 4.87. The molecule has 1 heterocycles. The van der Waals surface area contributed by atoms with E-state index in [0.717, 1.165) is 23.7 Å². The van der Waals surface area contributed by atoms with Crippen LogP contribution in [0.4, 0.5) is 0 Å². The number of unbranched alkanes of at least 4 members (excludes halogenated alkanes) is 1. The van der Waals surface area contributed by atoms with E-state index in [2.05, 4.69) is 17.1 Å². The fourth-order valence-electron chi connectivity index (χ4n) is 1.16. The van der Waals surface area contributed by atoms with E-state index in [1.165, 1.54) is 17.9 Å². The number of hydrogen-bond donors (Lipinski definition) is 0. The lowest BCUT2D eigenvalue weighted by Gasteiger charge is -2.01. The molecule has 0 fully saturated rings. The van der Waals surface area contributed by atoms with Crippen molar-refractivity contribution >= 4 is 23.4 Å². The first-order valence-electron chi connectivity index (χ1n) is 4.89. The van der Waals surface area contributed by atoms with Crippen LogP contribution >= 0.6 is 23.4 Å². The summed E-state index contributed by atoms with van der Waals surface area (Å²) in [4.78, 5) is 4.44. The minimum atomic E-state index is 0.781. The van der Waals surface area contributed by atoms with Gasteiger partial charge in [-0.15, -0.1) is 11.6 Å². The first-order chi connectivity index (χ1) is 6.83. The third-order valence-corrected chi connectivity index (χ3v) is 3.21. The molecule has 1 aromatic heterocycles. The zero-order valence-corrected chi connectivity index (χ0v) is 10.1. The average molecular weight is 230 g/mol. The van der Waals surface area contributed by atoms with Crippen LogP contribution in [0.3, 0.4) is 0 Å². The third-order valence-electron chi connectivity index (χ3n) is 1.87. The smallest absolute Gasteiger partial charge is 0.0505 e. The van der Waals surface area contributed by atoms with Gasteiger partial charge in [0.25, 0.3) is 0 Å². The molecule has 0 saturated heterocycles. The van der Waals surface area contributed by atoms with Crippen molar-refractivity contribution in [2.75, 3.05) is 11.6 Å². The molecule has 0 aliphatic heterocycles. The normalized spacial score (nSPS) is 10.4. The highest BCUT2D eigenvalue weighted by Gasteiger charge is 1.95. The lowest BCUT2D eigenvalue weighted by Crippen LogP contribution is -1.90. The number of aryl methyl sites for hydroxylation is 1. The summed E-state index contributed by atoms with van der Waals surface area (Å²) in [6, 6.07) is 6.18. The molecule has 0 aliphatic rings. The Bertz CT molecular complexity index is 265. The number of hydrogen-bond acceptors (Lipinski definition) is 2. The number of halogens is 1. The maximum Gasteiger partial charge on any atom is 0.0505 e. The van der Waals surface area contributed by atoms with Crippen LogP contribution in [0.25, 0.3) is 0 Å². The first kappa shape index (κ1) is 11.9. The van der Waals surface area contributed by atoms with Crippen LogP contribution in [0, 0.1) is 6.92 Å². The molecular formula is C11H16ClNS. The molecule has 0 radical (unpaired) electrons. The molecule has 1 nitrogen and oxygen atoms in total. The van der Waals surface area contributed by atoms with E-state index in [0.29, 0.717) is 0 Å². The van der Waals surface area contributed by atoms with Crippen LogP contribution in [-0.4, -0.2) is 16.6 Å². The first-order valence-corrected chi connectivity index (χ1v) is 6.58. The van der Waals surface area contributed by atoms with Crippen LogP contribution in [-0.2, 0) is 5.75 Å². The summed E-state index contributed by atoms with van der Waals surface area (Å²) in [5, 5.41) is 0. The highest BCUT2D eigenvalue weighted by Crippen LogP contribution is 2.12. The van der Waals surface area contributed by atoms with Crippen LogP contribution in [0.1, 0.15) is 24.2 Å². The van der Waals surface area contributed by atoms with Crippen LogP contribution < -0.4 is 0 Å². The maximum absolute atomic E-state index is 5.60. The van der Waals surface area contributed by atoms with E-state index in [1.807, 2.05) is 24.8 Å². The maximum atomic E-state index is 5.60. The fourth-order valence-corrected chi connectivity index (χ4v) is 2.27. The Morgan fingerprint density at radius 3 is 2.93 bits per heavy atom. The van der Waals surface area contributed by atoms with Crippen LogP contribution in [0.2, 0.25) is 0 Å². The minimum absolute atomic E-state index is 0.781. The van der Waals surface area contributed by atoms with Gasteiger partial charge in [-0.3, -0.25) is 4.98 Å². The van der Waals surface area contributed by atoms with Gasteiger partial charge in [0.2, 0.25) is 0 Å². The second-order valence-electron chi connectivity index (χ2n) is 3.22. The van der Waals surface area contributed by atoms with E-state index in [9.17, 15) is 0 Å². The molecule has 14 heavy (non-hydrogen) atoms. The van der Waals surface area contributed by atoms with E-state index in [-0.39, 0.29) is 0 Å². The van der Waals surface area contributed by atoms with Gasteiger partial charge in [-0.05, 0) is 37.7 Å². The standard InChI is InChI=1S/C11H16ClNS/c1-10-5-4-6-11(13-10)9-14-8-3-2-7-12/h4-6H,2-3,7-9H2,1H3. The summed E-state index contributed by atoms with van der Waals surface area (Å²) in [5.41, 5.74) is 2.28. The van der Waals surface area contributed by atoms with Crippen molar-refractivity contribution in [3.8, 4) is 0 Å². The van der Waals surface area contributed by atoms with Crippen molar-refractivity contribution in [1.29, 1.82) is 0 Å². The highest BCUT2D eigenvalue weighted by atomic mass is 35.5. The van der Waals surface area contributed by atoms with Crippen LogP contribution in [0.5, 0.6) is 0 Å². The predicted octanol–water partition coefficient (Wildman–Crippen LogP) is 3.64. The van der Waals surface area contributed by atoms with Crippen LogP contribution in [0.15, 0.2) is 18.2 Å². The van der Waals surface area contributed by atoms with Gasteiger partial charge < -0.3 is 0 Å². The Kier molecular flexibility index (Phi) is 6.04. The summed E-state index contributed by atoms with van der Waals surface area (Å²) in [5.74, 6) is 2.98. The summed E-state index contributed by atoms with van der Waals surface area (Å²) in [6.45, 7) is 2.03. The van der Waals surface area contributed by atoms with Gasteiger partial charge in [0, 0.05) is 17.3 Å². The molecule has 0 amide bonds. The number of thioether (sulfide) groups is 1. The van der Waals surface area contributed by atoms with E-state index < -0.39 is 0 Å². The fraction of sp³-hybridized carbons (Fsp3) is 0.545. The molecule has 78 valence electrons. The number of rotatable bonds is 6. The molecule has 0 unspecified atom stereocenters. The minimum Gasteiger partial charge on any atom is -0.257 e. The molecule has 1 aromatic rings. The Balaban J connectivity index is 2.18. The Labute approximate surface area is 95.3 Å².